The van der Waals surface area contributed by atoms with Crippen molar-refractivity contribution in [1.29, 1.82) is 0 Å². The lowest BCUT2D eigenvalue weighted by Gasteiger charge is -2.10. The van der Waals surface area contributed by atoms with Crippen LogP contribution in [-0.4, -0.2) is 31.2 Å². The van der Waals surface area contributed by atoms with E-state index in [-0.39, 0.29) is 12.6 Å². The first-order valence-corrected chi connectivity index (χ1v) is 3.88. The van der Waals surface area contributed by atoms with Crippen LogP contribution in [0.1, 0.15) is 13.8 Å². The van der Waals surface area contributed by atoms with Gasteiger partial charge in [-0.3, -0.25) is 4.79 Å². The predicted molar refractivity (Wildman–Crippen MR) is 42.2 cm³/mol. The molecule has 0 aliphatic carbocycles. The molecule has 78 valence electrons. The van der Waals surface area contributed by atoms with Crippen molar-refractivity contribution in [2.24, 2.45) is 0 Å². The summed E-state index contributed by atoms with van der Waals surface area (Å²) < 4.78 is 34.7. The average Bonchev–Trinajstić information content (AvgIpc) is 1.81. The Kier molecular flexibility index (Phi) is 4.76. The summed E-state index contributed by atoms with van der Waals surface area (Å²) in [6, 6.07) is -0.0554. The number of hydrogen-bond acceptors (Lipinski definition) is 2. The van der Waals surface area contributed by atoms with E-state index >= 15 is 0 Å². The SMILES string of the molecule is CC(C)NC(=O)CNCC(F)(F)F. The third-order valence-electron chi connectivity index (χ3n) is 1.06. The Labute approximate surface area is 74.7 Å². The van der Waals surface area contributed by atoms with Crippen molar-refractivity contribution in [3.05, 3.63) is 0 Å². The molecule has 0 aliphatic rings. The molecule has 0 unspecified atom stereocenters. The molecule has 0 rings (SSSR count). The molecule has 0 bridgehead atoms. The molecule has 2 N–H and O–H groups in total. The zero-order chi connectivity index (χ0) is 10.5. The maximum absolute atomic E-state index is 11.6. The lowest BCUT2D eigenvalue weighted by molar-refractivity contribution is -0.128. The molecule has 0 radical (unpaired) electrons. The second kappa shape index (κ2) is 5.06. The number of hydrogen-bond donors (Lipinski definition) is 2. The molecule has 0 aliphatic heterocycles. The summed E-state index contributed by atoms with van der Waals surface area (Å²) in [5.74, 6) is -0.431. The topological polar surface area (TPSA) is 41.1 Å². The minimum atomic E-state index is -4.27. The van der Waals surface area contributed by atoms with Crippen molar-refractivity contribution in [2.75, 3.05) is 13.1 Å². The van der Waals surface area contributed by atoms with Gasteiger partial charge in [-0.2, -0.15) is 13.2 Å². The third kappa shape index (κ3) is 9.13. The first-order chi connectivity index (χ1) is 5.81. The van der Waals surface area contributed by atoms with E-state index < -0.39 is 18.6 Å². The molecule has 6 heteroatoms. The van der Waals surface area contributed by atoms with Crippen molar-refractivity contribution in [2.45, 2.75) is 26.1 Å². The zero-order valence-electron chi connectivity index (χ0n) is 7.53. The Morgan fingerprint density at radius 1 is 1.38 bits per heavy atom. The minimum Gasteiger partial charge on any atom is -0.353 e. The largest absolute Gasteiger partial charge is 0.401 e. The number of halogens is 3. The molecule has 0 fully saturated rings. The van der Waals surface area contributed by atoms with Gasteiger partial charge in [0.25, 0.3) is 0 Å². The van der Waals surface area contributed by atoms with Crippen LogP contribution >= 0.6 is 0 Å². The van der Waals surface area contributed by atoms with Gasteiger partial charge in [0.15, 0.2) is 0 Å². The van der Waals surface area contributed by atoms with Crippen molar-refractivity contribution in [1.82, 2.24) is 10.6 Å². The van der Waals surface area contributed by atoms with E-state index in [0.29, 0.717) is 0 Å². The van der Waals surface area contributed by atoms with Gasteiger partial charge in [-0.25, -0.2) is 0 Å². The number of amides is 1. The molecule has 0 aromatic carbocycles. The van der Waals surface area contributed by atoms with Crippen LogP contribution in [-0.2, 0) is 4.79 Å². The number of carbonyl (C=O) groups excluding carboxylic acids is 1. The molecule has 1 amide bonds. The summed E-state index contributed by atoms with van der Waals surface area (Å²) in [4.78, 5) is 10.8. The number of alkyl halides is 3. The Morgan fingerprint density at radius 3 is 2.31 bits per heavy atom. The first-order valence-electron chi connectivity index (χ1n) is 3.88. The molecule has 0 aromatic heterocycles. The molecule has 13 heavy (non-hydrogen) atoms. The maximum Gasteiger partial charge on any atom is 0.401 e. The summed E-state index contributed by atoms with van der Waals surface area (Å²) in [7, 11) is 0. The van der Waals surface area contributed by atoms with E-state index in [9.17, 15) is 18.0 Å². The summed E-state index contributed by atoms with van der Waals surface area (Å²) >= 11 is 0. The highest BCUT2D eigenvalue weighted by Crippen LogP contribution is 2.11. The molecule has 0 atom stereocenters. The quantitative estimate of drug-likeness (QED) is 0.696. The highest BCUT2D eigenvalue weighted by molar-refractivity contribution is 5.78. The van der Waals surface area contributed by atoms with Gasteiger partial charge in [0, 0.05) is 6.04 Å². The van der Waals surface area contributed by atoms with E-state index in [0.717, 1.165) is 0 Å². The van der Waals surface area contributed by atoms with Crippen LogP contribution in [0.3, 0.4) is 0 Å². The molecular weight excluding hydrogens is 185 g/mol. The van der Waals surface area contributed by atoms with Crippen LogP contribution in [0.5, 0.6) is 0 Å². The van der Waals surface area contributed by atoms with Gasteiger partial charge < -0.3 is 10.6 Å². The predicted octanol–water partition coefficient (Wildman–Crippen LogP) is 0.663. The van der Waals surface area contributed by atoms with Crippen LogP contribution in [0.4, 0.5) is 13.2 Å². The Balaban J connectivity index is 3.49. The van der Waals surface area contributed by atoms with Crippen molar-refractivity contribution in [3.63, 3.8) is 0 Å². The molecule has 0 saturated heterocycles. The number of nitrogens with one attached hydrogen (secondary N) is 2. The van der Waals surface area contributed by atoms with E-state index in [4.69, 9.17) is 0 Å². The standard InChI is InChI=1S/C7H13F3N2O/c1-5(2)12-6(13)3-11-4-7(8,9)10/h5,11H,3-4H2,1-2H3,(H,12,13). The minimum absolute atomic E-state index is 0.0554. The summed E-state index contributed by atoms with van der Waals surface area (Å²) in [5.41, 5.74) is 0. The van der Waals surface area contributed by atoms with E-state index in [2.05, 4.69) is 5.32 Å². The third-order valence-corrected chi connectivity index (χ3v) is 1.06. The van der Waals surface area contributed by atoms with Gasteiger partial charge >= 0.3 is 6.18 Å². The molecule has 0 spiro atoms. The van der Waals surface area contributed by atoms with Gasteiger partial charge in [0.05, 0.1) is 13.1 Å². The second-order valence-corrected chi connectivity index (χ2v) is 2.94. The van der Waals surface area contributed by atoms with Crippen LogP contribution in [0, 0.1) is 0 Å². The molecule has 0 heterocycles. The fourth-order valence-corrected chi connectivity index (χ4v) is 0.691. The zero-order valence-corrected chi connectivity index (χ0v) is 7.53. The van der Waals surface area contributed by atoms with Crippen molar-refractivity contribution >= 4 is 5.91 Å². The molecule has 0 saturated carbocycles. The number of rotatable bonds is 4. The van der Waals surface area contributed by atoms with Gasteiger partial charge in [-0.15, -0.1) is 0 Å². The summed E-state index contributed by atoms with van der Waals surface area (Å²) in [6.07, 6.45) is -4.27. The summed E-state index contributed by atoms with van der Waals surface area (Å²) in [6.45, 7) is 2.03. The van der Waals surface area contributed by atoms with Crippen LogP contribution < -0.4 is 10.6 Å². The normalized spacial score (nSPS) is 11.8. The molecule has 0 aromatic rings. The fourth-order valence-electron chi connectivity index (χ4n) is 0.691. The average molecular weight is 198 g/mol. The highest BCUT2D eigenvalue weighted by atomic mass is 19.4. The van der Waals surface area contributed by atoms with Gasteiger partial charge in [0.1, 0.15) is 0 Å². The van der Waals surface area contributed by atoms with E-state index in [1.54, 1.807) is 13.8 Å². The highest BCUT2D eigenvalue weighted by Gasteiger charge is 2.26. The molecular formula is C7H13F3N2O. The smallest absolute Gasteiger partial charge is 0.353 e. The fraction of sp³-hybridized carbons (Fsp3) is 0.857. The molecule has 3 nitrogen and oxygen atoms in total. The monoisotopic (exact) mass is 198 g/mol. The Hall–Kier alpha value is -0.780. The maximum atomic E-state index is 11.6. The number of carbonyl (C=O) groups is 1. The van der Waals surface area contributed by atoms with Crippen molar-refractivity contribution in [3.8, 4) is 0 Å². The second-order valence-electron chi connectivity index (χ2n) is 2.94. The first kappa shape index (κ1) is 12.2. The Morgan fingerprint density at radius 2 is 1.92 bits per heavy atom. The van der Waals surface area contributed by atoms with Crippen LogP contribution in [0.15, 0.2) is 0 Å². The lowest BCUT2D eigenvalue weighted by Crippen LogP contribution is -2.40. The Bertz CT molecular complexity index is 168. The van der Waals surface area contributed by atoms with Crippen LogP contribution in [0.2, 0.25) is 0 Å². The van der Waals surface area contributed by atoms with E-state index in [1.807, 2.05) is 5.32 Å². The van der Waals surface area contributed by atoms with Crippen molar-refractivity contribution < 1.29 is 18.0 Å². The summed E-state index contributed by atoms with van der Waals surface area (Å²) in [5, 5.41) is 4.45. The van der Waals surface area contributed by atoms with Gasteiger partial charge in [-0.1, -0.05) is 0 Å². The van der Waals surface area contributed by atoms with Gasteiger partial charge in [-0.05, 0) is 13.8 Å². The van der Waals surface area contributed by atoms with Crippen LogP contribution in [0.25, 0.3) is 0 Å². The van der Waals surface area contributed by atoms with Gasteiger partial charge in [0.2, 0.25) is 5.91 Å². The van der Waals surface area contributed by atoms with E-state index in [1.165, 1.54) is 0 Å². The lowest BCUT2D eigenvalue weighted by atomic mass is 10.4.